The van der Waals surface area contributed by atoms with Gasteiger partial charge in [0, 0.05) is 36.9 Å². The van der Waals surface area contributed by atoms with Crippen LogP contribution in [0.25, 0.3) is 0 Å². The molecule has 0 unspecified atom stereocenters. The minimum atomic E-state index is 0.551. The summed E-state index contributed by atoms with van der Waals surface area (Å²) in [5, 5.41) is 3.35. The summed E-state index contributed by atoms with van der Waals surface area (Å²) in [5.74, 6) is 0.701. The first-order chi connectivity index (χ1) is 8.16. The summed E-state index contributed by atoms with van der Waals surface area (Å²) in [5.41, 5.74) is 2.00. The van der Waals surface area contributed by atoms with Crippen molar-refractivity contribution in [3.8, 4) is 0 Å². The Kier molecular flexibility index (Phi) is 2.74. The molecule has 0 amide bonds. The molecule has 1 saturated heterocycles. The Morgan fingerprint density at radius 1 is 1.29 bits per heavy atom. The molecule has 0 bridgehead atoms. The molecule has 3 heteroatoms. The predicted molar refractivity (Wildman–Crippen MR) is 69.1 cm³/mol. The number of nitrogens with one attached hydrogen (secondary N) is 1. The summed E-state index contributed by atoms with van der Waals surface area (Å²) in [7, 11) is 0. The van der Waals surface area contributed by atoms with Crippen LogP contribution in [0.15, 0.2) is 12.5 Å². The first-order valence-electron chi connectivity index (χ1n) is 6.88. The van der Waals surface area contributed by atoms with Crippen LogP contribution in [0.2, 0.25) is 0 Å². The van der Waals surface area contributed by atoms with Crippen LogP contribution in [-0.4, -0.2) is 22.6 Å². The lowest BCUT2D eigenvalue weighted by atomic mass is 9.75. The van der Waals surface area contributed by atoms with E-state index in [1.165, 1.54) is 31.4 Å². The van der Waals surface area contributed by atoms with Gasteiger partial charge in [-0.2, -0.15) is 0 Å². The zero-order valence-corrected chi connectivity index (χ0v) is 10.9. The zero-order valence-electron chi connectivity index (χ0n) is 10.9. The van der Waals surface area contributed by atoms with Crippen LogP contribution in [0.4, 0.5) is 0 Å². The summed E-state index contributed by atoms with van der Waals surface area (Å²) in [4.78, 5) is 4.37. The van der Waals surface area contributed by atoms with E-state index >= 15 is 0 Å². The molecule has 1 aromatic heterocycles. The fraction of sp³-hybridized carbons (Fsp3) is 0.786. The molecular formula is C14H23N3. The second-order valence-electron chi connectivity index (χ2n) is 6.48. The van der Waals surface area contributed by atoms with E-state index in [4.69, 9.17) is 0 Å². The van der Waals surface area contributed by atoms with Gasteiger partial charge in [-0.05, 0) is 31.1 Å². The Morgan fingerprint density at radius 2 is 2.00 bits per heavy atom. The number of hydrogen-bond acceptors (Lipinski definition) is 2. The Labute approximate surface area is 104 Å². The molecule has 1 N–H and O–H groups in total. The Balaban J connectivity index is 1.74. The Morgan fingerprint density at radius 3 is 2.59 bits per heavy atom. The molecule has 17 heavy (non-hydrogen) atoms. The van der Waals surface area contributed by atoms with Crippen molar-refractivity contribution in [2.45, 2.75) is 51.5 Å². The van der Waals surface area contributed by atoms with Gasteiger partial charge in [0.15, 0.2) is 0 Å². The van der Waals surface area contributed by atoms with Crippen molar-refractivity contribution in [2.75, 3.05) is 13.1 Å². The van der Waals surface area contributed by atoms with Gasteiger partial charge in [-0.25, -0.2) is 4.98 Å². The summed E-state index contributed by atoms with van der Waals surface area (Å²) in [6, 6.07) is 0.695. The molecule has 0 atom stereocenters. The standard InChI is InChI=1S/C14H23N3/c1-14(2)5-3-12(4-6-14)17-10-16-9-13(17)11-7-15-8-11/h9-12,15H,3-8H2,1-2H3. The highest BCUT2D eigenvalue weighted by Crippen LogP contribution is 2.41. The van der Waals surface area contributed by atoms with Crippen LogP contribution in [-0.2, 0) is 0 Å². The molecule has 3 rings (SSSR count). The van der Waals surface area contributed by atoms with Crippen molar-refractivity contribution >= 4 is 0 Å². The predicted octanol–water partition coefficient (Wildman–Crippen LogP) is 2.71. The van der Waals surface area contributed by atoms with E-state index in [0.717, 1.165) is 13.1 Å². The highest BCUT2D eigenvalue weighted by molar-refractivity contribution is 5.13. The zero-order chi connectivity index (χ0) is 11.9. The molecule has 1 saturated carbocycles. The minimum absolute atomic E-state index is 0.551. The van der Waals surface area contributed by atoms with Crippen LogP contribution < -0.4 is 5.32 Å². The minimum Gasteiger partial charge on any atom is -0.331 e. The quantitative estimate of drug-likeness (QED) is 0.851. The van der Waals surface area contributed by atoms with E-state index in [1.54, 1.807) is 0 Å². The summed E-state index contributed by atoms with van der Waals surface area (Å²) >= 11 is 0. The third-order valence-electron chi connectivity index (χ3n) is 4.60. The molecule has 94 valence electrons. The second-order valence-corrected chi connectivity index (χ2v) is 6.48. The number of aromatic nitrogens is 2. The lowest BCUT2D eigenvalue weighted by Gasteiger charge is -2.37. The molecular weight excluding hydrogens is 210 g/mol. The molecule has 2 fully saturated rings. The van der Waals surface area contributed by atoms with Gasteiger partial charge in [-0.15, -0.1) is 0 Å². The van der Waals surface area contributed by atoms with E-state index in [2.05, 4.69) is 41.2 Å². The van der Waals surface area contributed by atoms with Gasteiger partial charge >= 0.3 is 0 Å². The maximum Gasteiger partial charge on any atom is 0.0950 e. The van der Waals surface area contributed by atoms with Gasteiger partial charge in [0.2, 0.25) is 0 Å². The van der Waals surface area contributed by atoms with Crippen molar-refractivity contribution in [3.05, 3.63) is 18.2 Å². The number of nitrogens with zero attached hydrogens (tertiary/aromatic N) is 2. The lowest BCUT2D eigenvalue weighted by Crippen LogP contribution is -2.41. The molecule has 0 aromatic carbocycles. The van der Waals surface area contributed by atoms with Gasteiger partial charge < -0.3 is 9.88 Å². The van der Waals surface area contributed by atoms with E-state index in [1.807, 2.05) is 0 Å². The van der Waals surface area contributed by atoms with Gasteiger partial charge in [0.05, 0.1) is 6.33 Å². The Hall–Kier alpha value is -0.830. The second kappa shape index (κ2) is 4.13. The Bertz CT molecular complexity index is 380. The fourth-order valence-corrected chi connectivity index (χ4v) is 3.10. The van der Waals surface area contributed by atoms with E-state index in [9.17, 15) is 0 Å². The van der Waals surface area contributed by atoms with Crippen molar-refractivity contribution < 1.29 is 0 Å². The van der Waals surface area contributed by atoms with E-state index < -0.39 is 0 Å². The van der Waals surface area contributed by atoms with Crippen LogP contribution in [0.5, 0.6) is 0 Å². The van der Waals surface area contributed by atoms with Crippen LogP contribution in [0.3, 0.4) is 0 Å². The smallest absolute Gasteiger partial charge is 0.0950 e. The van der Waals surface area contributed by atoms with Crippen molar-refractivity contribution in [2.24, 2.45) is 5.41 Å². The van der Waals surface area contributed by atoms with Crippen molar-refractivity contribution in [1.29, 1.82) is 0 Å². The summed E-state index contributed by atoms with van der Waals surface area (Å²) < 4.78 is 2.46. The third-order valence-corrected chi connectivity index (χ3v) is 4.60. The maximum atomic E-state index is 4.37. The van der Waals surface area contributed by atoms with Crippen molar-refractivity contribution in [3.63, 3.8) is 0 Å². The van der Waals surface area contributed by atoms with E-state index in [0.29, 0.717) is 17.4 Å². The van der Waals surface area contributed by atoms with Gasteiger partial charge in [-0.3, -0.25) is 0 Å². The topological polar surface area (TPSA) is 29.9 Å². The van der Waals surface area contributed by atoms with Gasteiger partial charge in [0.25, 0.3) is 0 Å². The average molecular weight is 233 g/mol. The van der Waals surface area contributed by atoms with Gasteiger partial charge in [0.1, 0.15) is 0 Å². The number of imidazole rings is 1. The monoisotopic (exact) mass is 233 g/mol. The third kappa shape index (κ3) is 2.13. The number of rotatable bonds is 2. The summed E-state index contributed by atoms with van der Waals surface area (Å²) in [6.07, 6.45) is 9.45. The molecule has 1 aromatic rings. The molecule has 3 nitrogen and oxygen atoms in total. The molecule has 2 aliphatic rings. The summed E-state index contributed by atoms with van der Waals surface area (Å²) in [6.45, 7) is 7.05. The molecule has 0 spiro atoms. The van der Waals surface area contributed by atoms with Crippen LogP contribution >= 0.6 is 0 Å². The molecule has 0 radical (unpaired) electrons. The maximum absolute atomic E-state index is 4.37. The normalized spacial score (nSPS) is 25.8. The molecule has 2 heterocycles. The highest BCUT2D eigenvalue weighted by Gasteiger charge is 2.30. The van der Waals surface area contributed by atoms with Crippen LogP contribution in [0, 0.1) is 5.41 Å². The highest BCUT2D eigenvalue weighted by atomic mass is 15.1. The fourth-order valence-electron chi connectivity index (χ4n) is 3.10. The van der Waals surface area contributed by atoms with E-state index in [-0.39, 0.29) is 0 Å². The number of hydrogen-bond donors (Lipinski definition) is 1. The first-order valence-corrected chi connectivity index (χ1v) is 6.88. The average Bonchev–Trinajstić information content (AvgIpc) is 2.64. The largest absolute Gasteiger partial charge is 0.331 e. The van der Waals surface area contributed by atoms with Gasteiger partial charge in [-0.1, -0.05) is 13.8 Å². The SMILES string of the molecule is CC1(C)CCC(n2cncc2C2CNC2)CC1. The van der Waals surface area contributed by atoms with Crippen LogP contribution in [0.1, 0.15) is 57.2 Å². The lowest BCUT2D eigenvalue weighted by molar-refractivity contribution is 0.189. The first kappa shape index (κ1) is 11.3. The van der Waals surface area contributed by atoms with Crippen molar-refractivity contribution in [1.82, 2.24) is 14.9 Å². The molecule has 1 aliphatic heterocycles. The molecule has 1 aliphatic carbocycles.